The first-order valence-electron chi connectivity index (χ1n) is 10.7. The minimum atomic E-state index is -1.11. The van der Waals surface area contributed by atoms with Crippen LogP contribution < -0.4 is 9.47 Å². The number of hydrogen-bond acceptors (Lipinski definition) is 7. The maximum atomic E-state index is 14.3. The Hall–Kier alpha value is -2.83. The predicted octanol–water partition coefficient (Wildman–Crippen LogP) is 3.72. The molecule has 2 unspecified atom stereocenters. The fraction of sp³-hybridized carbons (Fsp3) is 0.375. The fourth-order valence-electron chi connectivity index (χ4n) is 5.52. The molecule has 4 atom stereocenters. The van der Waals surface area contributed by atoms with Crippen LogP contribution in [0.25, 0.3) is 0 Å². The molecule has 0 saturated carbocycles. The Balaban J connectivity index is 1.50. The molecule has 2 amide bonds. The molecule has 0 radical (unpaired) electrons. The van der Waals surface area contributed by atoms with Gasteiger partial charge in [-0.3, -0.25) is 9.59 Å². The van der Waals surface area contributed by atoms with Gasteiger partial charge < -0.3 is 19.3 Å². The van der Waals surface area contributed by atoms with Gasteiger partial charge >= 0.3 is 0 Å². The second-order valence-corrected chi connectivity index (χ2v) is 11.8. The summed E-state index contributed by atoms with van der Waals surface area (Å²) in [6.45, 7) is 1.99. The van der Waals surface area contributed by atoms with Crippen LogP contribution in [-0.2, 0) is 16.0 Å². The van der Waals surface area contributed by atoms with Gasteiger partial charge in [-0.2, -0.15) is 5.26 Å². The molecule has 5 heterocycles. The van der Waals surface area contributed by atoms with Crippen molar-refractivity contribution in [3.63, 3.8) is 0 Å². The monoisotopic (exact) mass is 479 g/mol. The lowest BCUT2D eigenvalue weighted by Gasteiger charge is -2.58. The average Bonchev–Trinajstić information content (AvgIpc) is 3.40. The molecule has 4 fully saturated rings. The van der Waals surface area contributed by atoms with Crippen molar-refractivity contribution in [2.24, 2.45) is 5.41 Å². The molecule has 0 aliphatic carbocycles. The third kappa shape index (κ3) is 2.59. The first-order valence-corrected chi connectivity index (χ1v) is 12.8. The van der Waals surface area contributed by atoms with Crippen LogP contribution in [0.2, 0.25) is 0 Å². The molecule has 2 aromatic carbocycles. The van der Waals surface area contributed by atoms with Gasteiger partial charge in [0.1, 0.15) is 0 Å². The number of carbonyl (C=O) groups is 2. The SMILES string of the molecule is CN1C(=O)[C@@]23C[C@](C)(C#N)C(c4ccc5c(c4)OCO5)N2C(=O)C1(Cc1ccccc1)SS3. The second-order valence-electron chi connectivity index (χ2n) is 9.16. The van der Waals surface area contributed by atoms with Crippen LogP contribution in [-0.4, -0.2) is 45.2 Å². The van der Waals surface area contributed by atoms with Gasteiger partial charge in [0.2, 0.25) is 6.79 Å². The summed E-state index contributed by atoms with van der Waals surface area (Å²) in [7, 11) is 4.59. The normalized spacial score (nSPS) is 33.9. The van der Waals surface area contributed by atoms with E-state index in [1.165, 1.54) is 21.6 Å². The summed E-state index contributed by atoms with van der Waals surface area (Å²) in [5.74, 6) is 0.982. The topological polar surface area (TPSA) is 82.9 Å². The molecule has 5 aliphatic rings. The molecule has 168 valence electrons. The number of piperazine rings is 1. The summed E-state index contributed by atoms with van der Waals surface area (Å²) in [4.78, 5) is 29.3. The highest BCUT2D eigenvalue weighted by atomic mass is 33.1. The van der Waals surface area contributed by atoms with Gasteiger partial charge in [0.25, 0.3) is 11.8 Å². The fourth-order valence-corrected chi connectivity index (χ4v) is 9.41. The Morgan fingerprint density at radius 2 is 1.85 bits per heavy atom. The Morgan fingerprint density at radius 1 is 1.09 bits per heavy atom. The quantitative estimate of drug-likeness (QED) is 0.621. The summed E-state index contributed by atoms with van der Waals surface area (Å²) < 4.78 is 11.0. The summed E-state index contributed by atoms with van der Waals surface area (Å²) in [5.41, 5.74) is 0.812. The summed E-state index contributed by atoms with van der Waals surface area (Å²) in [6.07, 6.45) is 0.667. The van der Waals surface area contributed by atoms with Crippen molar-refractivity contribution in [1.29, 1.82) is 5.26 Å². The van der Waals surface area contributed by atoms with Gasteiger partial charge in [0, 0.05) is 19.9 Å². The maximum Gasteiger partial charge on any atom is 0.262 e. The van der Waals surface area contributed by atoms with Gasteiger partial charge in [0.05, 0.1) is 17.5 Å². The van der Waals surface area contributed by atoms with E-state index in [1.807, 2.05) is 55.5 Å². The molecule has 2 bridgehead atoms. The lowest BCUT2D eigenvalue weighted by molar-refractivity contribution is -0.165. The van der Waals surface area contributed by atoms with Crippen LogP contribution in [0, 0.1) is 16.7 Å². The molecule has 9 heteroatoms. The number of fused-ring (bicyclic) bond motifs is 3. The minimum Gasteiger partial charge on any atom is -0.454 e. The van der Waals surface area contributed by atoms with E-state index in [1.54, 1.807) is 16.8 Å². The number of likely N-dealkylation sites (N-methyl/N-ethyl adjacent to an activating group) is 1. The highest BCUT2D eigenvalue weighted by molar-refractivity contribution is 8.78. The average molecular weight is 480 g/mol. The number of rotatable bonds is 3. The van der Waals surface area contributed by atoms with E-state index in [-0.39, 0.29) is 25.0 Å². The van der Waals surface area contributed by atoms with E-state index in [0.29, 0.717) is 17.9 Å². The highest BCUT2D eigenvalue weighted by Gasteiger charge is 2.75. The molecule has 33 heavy (non-hydrogen) atoms. The van der Waals surface area contributed by atoms with Crippen molar-refractivity contribution in [1.82, 2.24) is 9.80 Å². The Labute approximate surface area is 199 Å². The molecule has 2 aromatic rings. The van der Waals surface area contributed by atoms with Crippen molar-refractivity contribution in [2.45, 2.75) is 35.5 Å². The van der Waals surface area contributed by atoms with Gasteiger partial charge in [0.15, 0.2) is 21.2 Å². The second kappa shape index (κ2) is 6.84. The molecule has 7 rings (SSSR count). The Kier molecular flexibility index (Phi) is 4.30. The standard InChI is InChI=1S/C24H21N3O4S2/c1-22(13-25)12-24-20(28)26(2)23(32-33-24,11-15-6-4-3-5-7-15)21(29)27(24)19(22)16-8-9-17-18(10-16)31-14-30-17/h3-10,19H,11-12,14H2,1-2H3/t19?,22-,23?,24+/m1/s1. The number of benzene rings is 2. The van der Waals surface area contributed by atoms with E-state index in [0.717, 1.165) is 11.1 Å². The Morgan fingerprint density at radius 3 is 2.61 bits per heavy atom. The molecule has 5 aliphatic heterocycles. The predicted molar refractivity (Wildman–Crippen MR) is 124 cm³/mol. The van der Waals surface area contributed by atoms with Gasteiger partial charge in [-0.1, -0.05) is 58.0 Å². The van der Waals surface area contributed by atoms with Crippen molar-refractivity contribution in [3.05, 3.63) is 59.7 Å². The minimum absolute atomic E-state index is 0.119. The van der Waals surface area contributed by atoms with Crippen LogP contribution in [0.15, 0.2) is 48.5 Å². The van der Waals surface area contributed by atoms with E-state index in [2.05, 4.69) is 6.07 Å². The largest absolute Gasteiger partial charge is 0.454 e. The van der Waals surface area contributed by atoms with Crippen LogP contribution in [0.3, 0.4) is 0 Å². The molecule has 0 aromatic heterocycles. The molecule has 7 nitrogen and oxygen atoms in total. The molecule has 1 spiro atoms. The third-order valence-corrected chi connectivity index (χ3v) is 10.8. The third-order valence-electron chi connectivity index (χ3n) is 7.16. The summed E-state index contributed by atoms with van der Waals surface area (Å²) in [5, 5.41) is 10.3. The number of ether oxygens (including phenoxy) is 2. The van der Waals surface area contributed by atoms with Gasteiger partial charge in [-0.25, -0.2) is 0 Å². The van der Waals surface area contributed by atoms with Crippen molar-refractivity contribution in [2.75, 3.05) is 13.8 Å². The lowest BCUT2D eigenvalue weighted by atomic mass is 9.79. The zero-order valence-corrected chi connectivity index (χ0v) is 19.7. The van der Waals surface area contributed by atoms with Gasteiger partial charge in [-0.15, -0.1) is 0 Å². The van der Waals surface area contributed by atoms with Crippen LogP contribution in [0.1, 0.15) is 30.5 Å². The lowest BCUT2D eigenvalue weighted by Crippen LogP contribution is -2.75. The highest BCUT2D eigenvalue weighted by Crippen LogP contribution is 2.70. The van der Waals surface area contributed by atoms with Crippen molar-refractivity contribution in [3.8, 4) is 17.6 Å². The Bertz CT molecular complexity index is 1230. The van der Waals surface area contributed by atoms with E-state index in [4.69, 9.17) is 9.47 Å². The summed E-state index contributed by atoms with van der Waals surface area (Å²) >= 11 is 0. The van der Waals surface area contributed by atoms with Crippen molar-refractivity contribution < 1.29 is 19.1 Å². The molecule has 0 N–H and O–H groups in total. The number of amides is 2. The maximum absolute atomic E-state index is 14.3. The molecule has 4 saturated heterocycles. The zero-order chi connectivity index (χ0) is 23.0. The first-order chi connectivity index (χ1) is 15.8. The van der Waals surface area contributed by atoms with E-state index < -0.39 is 21.2 Å². The van der Waals surface area contributed by atoms with E-state index in [9.17, 15) is 14.9 Å². The first kappa shape index (κ1) is 20.8. The number of nitriles is 1. The summed E-state index contributed by atoms with van der Waals surface area (Å²) in [6, 6.07) is 17.1. The van der Waals surface area contributed by atoms with Crippen molar-refractivity contribution >= 4 is 33.4 Å². The smallest absolute Gasteiger partial charge is 0.262 e. The van der Waals surface area contributed by atoms with Crippen LogP contribution >= 0.6 is 21.6 Å². The zero-order valence-electron chi connectivity index (χ0n) is 18.1. The van der Waals surface area contributed by atoms with E-state index >= 15 is 0 Å². The number of nitrogens with zero attached hydrogens (tertiary/aromatic N) is 3. The number of carbonyl (C=O) groups excluding carboxylic acids is 2. The number of hydrogen-bond donors (Lipinski definition) is 0. The van der Waals surface area contributed by atoms with Crippen LogP contribution in [0.4, 0.5) is 0 Å². The van der Waals surface area contributed by atoms with Crippen LogP contribution in [0.5, 0.6) is 11.5 Å². The van der Waals surface area contributed by atoms with Gasteiger partial charge in [-0.05, 0) is 30.2 Å². The molecular formula is C24H21N3O4S2. The molecular weight excluding hydrogens is 458 g/mol.